The molecule has 1 aliphatic heterocycles. The highest BCUT2D eigenvalue weighted by Crippen LogP contribution is 2.23. The summed E-state index contributed by atoms with van der Waals surface area (Å²) in [4.78, 5) is 13.8. The molecule has 1 atom stereocenters. The van der Waals surface area contributed by atoms with Gasteiger partial charge in [0, 0.05) is 4.88 Å². The molecule has 7 heteroatoms. The zero-order valence-electron chi connectivity index (χ0n) is 13.6. The Balaban J connectivity index is 1.73. The second kappa shape index (κ2) is 7.23. The number of amides is 1. The van der Waals surface area contributed by atoms with Gasteiger partial charge in [-0.25, -0.2) is 4.68 Å². The van der Waals surface area contributed by atoms with E-state index in [0.29, 0.717) is 11.7 Å². The molecule has 0 aromatic carbocycles. The Morgan fingerprint density at radius 2 is 2.30 bits per heavy atom. The van der Waals surface area contributed by atoms with E-state index in [4.69, 9.17) is 0 Å². The van der Waals surface area contributed by atoms with Crippen molar-refractivity contribution in [2.24, 2.45) is 0 Å². The normalized spacial score (nSPS) is 17.1. The van der Waals surface area contributed by atoms with Crippen LogP contribution in [0.25, 0.3) is 0 Å². The van der Waals surface area contributed by atoms with Crippen LogP contribution in [0.1, 0.15) is 59.3 Å². The predicted molar refractivity (Wildman–Crippen MR) is 90.7 cm³/mol. The van der Waals surface area contributed by atoms with Gasteiger partial charge in [-0.05, 0) is 50.7 Å². The maximum Gasteiger partial charge on any atom is 0.274 e. The molecule has 1 saturated heterocycles. The molecule has 1 fully saturated rings. The highest BCUT2D eigenvalue weighted by molar-refractivity contribution is 7.10. The molecule has 0 unspecified atom stereocenters. The summed E-state index contributed by atoms with van der Waals surface area (Å²) in [5.74, 6) is -0.136. The number of carbonyl (C=O) groups is 1. The molecule has 23 heavy (non-hydrogen) atoms. The van der Waals surface area contributed by atoms with Gasteiger partial charge in [0.1, 0.15) is 0 Å². The van der Waals surface area contributed by atoms with Crippen LogP contribution in [0.4, 0.5) is 0 Å². The van der Waals surface area contributed by atoms with Crippen molar-refractivity contribution in [3.8, 4) is 0 Å². The van der Waals surface area contributed by atoms with E-state index in [1.54, 1.807) is 11.3 Å². The van der Waals surface area contributed by atoms with Crippen molar-refractivity contribution in [3.63, 3.8) is 0 Å². The molecule has 2 aromatic heterocycles. The topological polar surface area (TPSA) is 71.8 Å². The number of hydrogen-bond acceptors (Lipinski definition) is 5. The summed E-state index contributed by atoms with van der Waals surface area (Å²) in [7, 11) is 0. The van der Waals surface area contributed by atoms with Gasteiger partial charge in [0.2, 0.25) is 0 Å². The first kappa shape index (κ1) is 16.1. The van der Waals surface area contributed by atoms with E-state index in [1.165, 1.54) is 4.88 Å². The molecule has 0 spiro atoms. The molecule has 0 bridgehead atoms. The first-order valence-corrected chi connectivity index (χ1v) is 9.05. The van der Waals surface area contributed by atoms with Crippen molar-refractivity contribution < 1.29 is 4.79 Å². The van der Waals surface area contributed by atoms with E-state index in [9.17, 15) is 4.79 Å². The number of hydrogen-bond donors (Lipinski definition) is 2. The monoisotopic (exact) mass is 333 g/mol. The SMILES string of the molecule is CC[C@@H](NC(=O)c1nnn(C2CCNCC2)c1C)c1cccs1. The fraction of sp³-hybridized carbons (Fsp3) is 0.562. The number of aromatic nitrogens is 3. The van der Waals surface area contributed by atoms with E-state index in [-0.39, 0.29) is 11.9 Å². The molecule has 0 aliphatic carbocycles. The molecule has 2 aromatic rings. The van der Waals surface area contributed by atoms with E-state index in [1.807, 2.05) is 23.1 Å². The smallest absolute Gasteiger partial charge is 0.274 e. The molecule has 3 heterocycles. The van der Waals surface area contributed by atoms with Crippen LogP contribution in [0.5, 0.6) is 0 Å². The lowest BCUT2D eigenvalue weighted by Crippen LogP contribution is -2.31. The Hall–Kier alpha value is -1.73. The van der Waals surface area contributed by atoms with E-state index in [0.717, 1.165) is 38.0 Å². The Kier molecular flexibility index (Phi) is 5.07. The number of nitrogens with one attached hydrogen (secondary N) is 2. The maximum absolute atomic E-state index is 12.6. The minimum Gasteiger partial charge on any atom is -0.343 e. The molecule has 124 valence electrons. The number of carbonyl (C=O) groups excluding carboxylic acids is 1. The third-order valence-electron chi connectivity index (χ3n) is 4.40. The quantitative estimate of drug-likeness (QED) is 0.882. The standard InChI is InChI=1S/C16H23N5OS/c1-3-13(14-5-4-10-23-14)18-16(22)15-11(2)21(20-19-15)12-6-8-17-9-7-12/h4-5,10,12-13,17H,3,6-9H2,1-2H3,(H,18,22)/t13-/m1/s1. The van der Waals surface area contributed by atoms with Gasteiger partial charge < -0.3 is 10.6 Å². The van der Waals surface area contributed by atoms with Crippen molar-refractivity contribution in [1.82, 2.24) is 25.6 Å². The average molecular weight is 333 g/mol. The van der Waals surface area contributed by atoms with Crippen LogP contribution in [0.3, 0.4) is 0 Å². The molecule has 1 aliphatic rings. The van der Waals surface area contributed by atoms with E-state index < -0.39 is 0 Å². The van der Waals surface area contributed by atoms with Crippen molar-refractivity contribution in [2.75, 3.05) is 13.1 Å². The minimum atomic E-state index is -0.136. The van der Waals surface area contributed by atoms with Gasteiger partial charge >= 0.3 is 0 Å². The lowest BCUT2D eigenvalue weighted by molar-refractivity contribution is 0.0930. The fourth-order valence-electron chi connectivity index (χ4n) is 3.04. The lowest BCUT2D eigenvalue weighted by Gasteiger charge is -2.23. The minimum absolute atomic E-state index is 0.0333. The molecule has 6 nitrogen and oxygen atoms in total. The Labute approximate surface area is 140 Å². The second-order valence-electron chi connectivity index (χ2n) is 5.90. The summed E-state index contributed by atoms with van der Waals surface area (Å²) in [6, 6.07) is 4.43. The predicted octanol–water partition coefficient (Wildman–Crippen LogP) is 2.45. The molecular weight excluding hydrogens is 310 g/mol. The van der Waals surface area contributed by atoms with Crippen molar-refractivity contribution in [3.05, 3.63) is 33.8 Å². The fourth-order valence-corrected chi connectivity index (χ4v) is 3.90. The first-order chi connectivity index (χ1) is 11.2. The summed E-state index contributed by atoms with van der Waals surface area (Å²) in [6.45, 7) is 5.98. The van der Waals surface area contributed by atoms with Crippen molar-refractivity contribution in [1.29, 1.82) is 0 Å². The van der Waals surface area contributed by atoms with Crippen molar-refractivity contribution in [2.45, 2.75) is 45.2 Å². The van der Waals surface area contributed by atoms with Crippen LogP contribution >= 0.6 is 11.3 Å². The zero-order chi connectivity index (χ0) is 16.2. The zero-order valence-corrected chi connectivity index (χ0v) is 14.4. The van der Waals surface area contributed by atoms with Gasteiger partial charge in [-0.15, -0.1) is 16.4 Å². The highest BCUT2D eigenvalue weighted by Gasteiger charge is 2.24. The molecule has 1 amide bonds. The summed E-state index contributed by atoms with van der Waals surface area (Å²) in [6.07, 6.45) is 2.91. The van der Waals surface area contributed by atoms with Crippen LogP contribution in [0, 0.1) is 6.92 Å². The second-order valence-corrected chi connectivity index (χ2v) is 6.88. The van der Waals surface area contributed by atoms with Gasteiger partial charge in [0.05, 0.1) is 17.8 Å². The summed E-state index contributed by atoms with van der Waals surface area (Å²) in [5, 5.41) is 16.8. The van der Waals surface area contributed by atoms with Crippen molar-refractivity contribution >= 4 is 17.2 Å². The van der Waals surface area contributed by atoms with Gasteiger partial charge in [0.25, 0.3) is 5.91 Å². The van der Waals surface area contributed by atoms with Crippen LogP contribution in [-0.2, 0) is 0 Å². The lowest BCUT2D eigenvalue weighted by atomic mass is 10.1. The van der Waals surface area contributed by atoms with Gasteiger partial charge in [0.15, 0.2) is 5.69 Å². The summed E-state index contributed by atoms with van der Waals surface area (Å²) in [5.41, 5.74) is 1.30. The number of piperidine rings is 1. The van der Waals surface area contributed by atoms with Crippen LogP contribution < -0.4 is 10.6 Å². The largest absolute Gasteiger partial charge is 0.343 e. The first-order valence-electron chi connectivity index (χ1n) is 8.17. The third-order valence-corrected chi connectivity index (χ3v) is 5.38. The molecule has 0 saturated carbocycles. The highest BCUT2D eigenvalue weighted by atomic mass is 32.1. The molecule has 2 N–H and O–H groups in total. The summed E-state index contributed by atoms with van der Waals surface area (Å²) >= 11 is 1.66. The Morgan fingerprint density at radius 1 is 1.52 bits per heavy atom. The van der Waals surface area contributed by atoms with Crippen LogP contribution in [-0.4, -0.2) is 34.0 Å². The van der Waals surface area contributed by atoms with Gasteiger partial charge in [-0.3, -0.25) is 4.79 Å². The number of rotatable bonds is 5. The molecular formula is C16H23N5OS. The maximum atomic E-state index is 12.6. The third kappa shape index (κ3) is 3.45. The van der Waals surface area contributed by atoms with E-state index >= 15 is 0 Å². The molecule has 0 radical (unpaired) electrons. The van der Waals surface area contributed by atoms with Crippen LogP contribution in [0.2, 0.25) is 0 Å². The van der Waals surface area contributed by atoms with E-state index in [2.05, 4.69) is 33.9 Å². The summed E-state index contributed by atoms with van der Waals surface area (Å²) < 4.78 is 1.92. The molecule has 3 rings (SSSR count). The Morgan fingerprint density at radius 3 is 2.96 bits per heavy atom. The van der Waals surface area contributed by atoms with Crippen LogP contribution in [0.15, 0.2) is 17.5 Å². The number of nitrogens with zero attached hydrogens (tertiary/aromatic N) is 3. The van der Waals surface area contributed by atoms with Gasteiger partial charge in [-0.2, -0.15) is 0 Å². The Bertz CT molecular complexity index is 645. The average Bonchev–Trinajstić information content (AvgIpc) is 3.23. The number of thiophene rings is 1. The van der Waals surface area contributed by atoms with Gasteiger partial charge in [-0.1, -0.05) is 18.2 Å².